The number of carbonyl (C=O) groups excluding carboxylic acids is 1. The molecule has 0 spiro atoms. The smallest absolute Gasteiger partial charge is 0.237 e. The zero-order valence-corrected chi connectivity index (χ0v) is 14.3. The second kappa shape index (κ2) is 10.9. The van der Waals surface area contributed by atoms with E-state index in [4.69, 9.17) is 19.9 Å². The van der Waals surface area contributed by atoms with Crippen molar-refractivity contribution in [2.24, 2.45) is 5.73 Å². The summed E-state index contributed by atoms with van der Waals surface area (Å²) in [7, 11) is 4.84. The zero-order chi connectivity index (χ0) is 17.2. The molecule has 3 unspecified atom stereocenters. The molecule has 0 aromatic heterocycles. The number of nitrogens with two attached hydrogens (primary N) is 1. The van der Waals surface area contributed by atoms with Crippen LogP contribution >= 0.6 is 0 Å². The summed E-state index contributed by atoms with van der Waals surface area (Å²) in [5.74, 6) is -0.0996. The molecule has 1 fully saturated rings. The maximum atomic E-state index is 12.4. The van der Waals surface area contributed by atoms with Crippen LogP contribution in [0.5, 0.6) is 0 Å². The normalized spacial score (nSPS) is 29.3. The molecule has 1 aliphatic rings. The van der Waals surface area contributed by atoms with Crippen molar-refractivity contribution in [1.82, 2.24) is 10.6 Å². The van der Waals surface area contributed by atoms with Crippen LogP contribution in [0.1, 0.15) is 25.7 Å². The van der Waals surface area contributed by atoms with E-state index in [1.54, 1.807) is 14.2 Å². The molecule has 1 aliphatic heterocycles. The summed E-state index contributed by atoms with van der Waals surface area (Å²) in [5.41, 5.74) is 5.49. The predicted molar refractivity (Wildman–Crippen MR) is 85.9 cm³/mol. The predicted octanol–water partition coefficient (Wildman–Crippen LogP) is -1.04. The Morgan fingerprint density at radius 1 is 1.39 bits per heavy atom. The summed E-state index contributed by atoms with van der Waals surface area (Å²) in [6, 6.07) is -0.610. The van der Waals surface area contributed by atoms with Crippen LogP contribution in [0.3, 0.4) is 0 Å². The monoisotopic (exact) mass is 333 g/mol. The number of unbranched alkanes of at least 4 members (excludes halogenated alkanes) is 1. The molecule has 1 amide bonds. The molecule has 0 bridgehead atoms. The van der Waals surface area contributed by atoms with Crippen molar-refractivity contribution in [3.63, 3.8) is 0 Å². The van der Waals surface area contributed by atoms with Crippen LogP contribution < -0.4 is 16.4 Å². The minimum atomic E-state index is -0.607. The third-order valence-electron chi connectivity index (χ3n) is 4.19. The number of aliphatic hydroxyl groups excluding tert-OH is 1. The Kier molecular flexibility index (Phi) is 9.61. The number of ether oxygens (including phenoxy) is 3. The number of amides is 1. The molecule has 0 aromatic rings. The van der Waals surface area contributed by atoms with Gasteiger partial charge in [-0.3, -0.25) is 4.79 Å². The van der Waals surface area contributed by atoms with Crippen molar-refractivity contribution < 1.29 is 24.1 Å². The number of rotatable bonds is 10. The summed E-state index contributed by atoms with van der Waals surface area (Å²) in [4.78, 5) is 12.4. The Morgan fingerprint density at radius 3 is 2.65 bits per heavy atom. The highest BCUT2D eigenvalue weighted by Crippen LogP contribution is 2.23. The Labute approximate surface area is 138 Å². The second-order valence-corrected chi connectivity index (χ2v) is 5.71. The SMILES string of the molecule is CNC(CCCCN)C(=O)NC1C[C@H](OC)C(CO)O[C@H]1OC. The van der Waals surface area contributed by atoms with E-state index in [0.717, 1.165) is 19.3 Å². The number of hydrogen-bond donors (Lipinski definition) is 4. The lowest BCUT2D eigenvalue weighted by Crippen LogP contribution is -2.58. The maximum Gasteiger partial charge on any atom is 0.237 e. The molecule has 0 saturated carbocycles. The Bertz CT molecular complexity index is 345. The summed E-state index contributed by atoms with van der Waals surface area (Å²) >= 11 is 0. The van der Waals surface area contributed by atoms with E-state index in [0.29, 0.717) is 13.0 Å². The average Bonchev–Trinajstić information content (AvgIpc) is 2.58. The fourth-order valence-corrected chi connectivity index (χ4v) is 2.81. The van der Waals surface area contributed by atoms with Crippen LogP contribution in [-0.4, -0.2) is 76.0 Å². The van der Waals surface area contributed by atoms with Crippen molar-refractivity contribution in [3.8, 4) is 0 Å². The average molecular weight is 333 g/mol. The number of methoxy groups -OCH3 is 2. The van der Waals surface area contributed by atoms with Gasteiger partial charge in [0.05, 0.1) is 24.8 Å². The summed E-state index contributed by atoms with van der Waals surface area (Å²) in [5, 5.41) is 15.3. The first-order valence-corrected chi connectivity index (χ1v) is 8.10. The highest BCUT2D eigenvalue weighted by Gasteiger charge is 2.39. The molecule has 23 heavy (non-hydrogen) atoms. The van der Waals surface area contributed by atoms with Gasteiger partial charge in [0.1, 0.15) is 6.10 Å². The van der Waals surface area contributed by atoms with Crippen LogP contribution in [0.15, 0.2) is 0 Å². The number of hydrogen-bond acceptors (Lipinski definition) is 7. The van der Waals surface area contributed by atoms with Gasteiger partial charge in [-0.2, -0.15) is 0 Å². The first-order chi connectivity index (χ1) is 11.1. The van der Waals surface area contributed by atoms with Gasteiger partial charge in [0, 0.05) is 20.6 Å². The standard InChI is InChI=1S/C15H31N3O5/c1-17-10(6-4-5-7-16)14(20)18-11-8-12(21-2)13(9-19)23-15(11)22-3/h10-13,15,17,19H,4-9,16H2,1-3H3,(H,18,20)/t10?,11?,12-,13?,15+/m0/s1. The van der Waals surface area contributed by atoms with E-state index in [1.165, 1.54) is 7.11 Å². The van der Waals surface area contributed by atoms with Gasteiger partial charge in [-0.1, -0.05) is 6.42 Å². The Balaban J connectivity index is 2.62. The van der Waals surface area contributed by atoms with Gasteiger partial charge in [0.25, 0.3) is 0 Å². The van der Waals surface area contributed by atoms with E-state index < -0.39 is 12.4 Å². The number of likely N-dealkylation sites (N-methyl/N-ethyl adjacent to an activating group) is 1. The number of aliphatic hydroxyl groups is 1. The van der Waals surface area contributed by atoms with Crippen LogP contribution in [0.2, 0.25) is 0 Å². The zero-order valence-electron chi connectivity index (χ0n) is 14.3. The fraction of sp³-hybridized carbons (Fsp3) is 0.933. The first-order valence-electron chi connectivity index (χ1n) is 8.10. The van der Waals surface area contributed by atoms with Crippen molar-refractivity contribution >= 4 is 5.91 Å². The van der Waals surface area contributed by atoms with Crippen LogP contribution in [0.4, 0.5) is 0 Å². The van der Waals surface area contributed by atoms with Crippen LogP contribution in [-0.2, 0) is 19.0 Å². The Hall–Kier alpha value is -0.770. The lowest BCUT2D eigenvalue weighted by molar-refractivity contribution is -0.236. The van der Waals surface area contributed by atoms with Gasteiger partial charge in [0.15, 0.2) is 6.29 Å². The lowest BCUT2D eigenvalue weighted by Gasteiger charge is -2.40. The van der Waals surface area contributed by atoms with Gasteiger partial charge in [-0.15, -0.1) is 0 Å². The third kappa shape index (κ3) is 5.98. The van der Waals surface area contributed by atoms with Gasteiger partial charge < -0.3 is 35.7 Å². The molecule has 0 aliphatic carbocycles. The van der Waals surface area contributed by atoms with Crippen molar-refractivity contribution in [1.29, 1.82) is 0 Å². The highest BCUT2D eigenvalue weighted by atomic mass is 16.7. The van der Waals surface area contributed by atoms with E-state index in [1.807, 2.05) is 0 Å². The largest absolute Gasteiger partial charge is 0.394 e. The summed E-state index contributed by atoms with van der Waals surface area (Å²) in [6.45, 7) is 0.468. The minimum Gasteiger partial charge on any atom is -0.394 e. The molecule has 1 heterocycles. The quantitative estimate of drug-likeness (QED) is 0.377. The minimum absolute atomic E-state index is 0.0996. The number of nitrogens with one attached hydrogen (secondary N) is 2. The lowest BCUT2D eigenvalue weighted by atomic mass is 9.99. The molecule has 5 atom stereocenters. The van der Waals surface area contributed by atoms with Gasteiger partial charge >= 0.3 is 0 Å². The summed E-state index contributed by atoms with van der Waals surface area (Å²) in [6.07, 6.45) is 1.66. The molecule has 8 nitrogen and oxygen atoms in total. The van der Waals surface area contributed by atoms with E-state index >= 15 is 0 Å². The molecular formula is C15H31N3O5. The number of carbonyl (C=O) groups is 1. The van der Waals surface area contributed by atoms with Gasteiger partial charge in [-0.05, 0) is 26.4 Å². The molecule has 1 saturated heterocycles. The topological polar surface area (TPSA) is 115 Å². The molecular weight excluding hydrogens is 302 g/mol. The van der Waals surface area contributed by atoms with Crippen LogP contribution in [0, 0.1) is 0 Å². The molecule has 0 radical (unpaired) electrons. The molecule has 0 aromatic carbocycles. The molecule has 1 rings (SSSR count). The molecule has 5 N–H and O–H groups in total. The second-order valence-electron chi connectivity index (χ2n) is 5.71. The van der Waals surface area contributed by atoms with Gasteiger partial charge in [0.2, 0.25) is 5.91 Å². The van der Waals surface area contributed by atoms with E-state index in [2.05, 4.69) is 10.6 Å². The van der Waals surface area contributed by atoms with Crippen molar-refractivity contribution in [3.05, 3.63) is 0 Å². The molecule has 8 heteroatoms. The summed E-state index contributed by atoms with van der Waals surface area (Å²) < 4.78 is 16.3. The van der Waals surface area contributed by atoms with Crippen molar-refractivity contribution in [2.75, 3.05) is 34.4 Å². The Morgan fingerprint density at radius 2 is 2.13 bits per heavy atom. The van der Waals surface area contributed by atoms with E-state index in [9.17, 15) is 9.90 Å². The molecule has 136 valence electrons. The maximum absolute atomic E-state index is 12.4. The fourth-order valence-electron chi connectivity index (χ4n) is 2.81. The van der Waals surface area contributed by atoms with E-state index in [-0.39, 0.29) is 30.7 Å². The first kappa shape index (κ1) is 20.3. The highest BCUT2D eigenvalue weighted by molar-refractivity contribution is 5.82. The van der Waals surface area contributed by atoms with Gasteiger partial charge in [-0.25, -0.2) is 0 Å². The van der Waals surface area contributed by atoms with Crippen molar-refractivity contribution in [2.45, 2.75) is 56.3 Å². The third-order valence-corrected chi connectivity index (χ3v) is 4.19. The van der Waals surface area contributed by atoms with Crippen LogP contribution in [0.25, 0.3) is 0 Å².